The number of benzene rings is 1. The minimum absolute atomic E-state index is 0.103. The molecule has 2 aliphatic heterocycles. The fourth-order valence-corrected chi connectivity index (χ4v) is 3.56. The van der Waals surface area contributed by atoms with Gasteiger partial charge in [-0.2, -0.15) is 0 Å². The van der Waals surface area contributed by atoms with Gasteiger partial charge in [0.2, 0.25) is 0 Å². The molecule has 27 heavy (non-hydrogen) atoms. The van der Waals surface area contributed by atoms with E-state index in [4.69, 9.17) is 9.47 Å². The molecule has 1 N–H and O–H groups in total. The molecule has 6 nitrogen and oxygen atoms in total. The van der Waals surface area contributed by atoms with Crippen molar-refractivity contribution in [1.82, 2.24) is 9.88 Å². The van der Waals surface area contributed by atoms with Gasteiger partial charge in [0.05, 0.1) is 24.5 Å². The van der Waals surface area contributed by atoms with Gasteiger partial charge in [-0.15, -0.1) is 0 Å². The van der Waals surface area contributed by atoms with Crippen LogP contribution in [-0.4, -0.2) is 48.4 Å². The van der Waals surface area contributed by atoms with Gasteiger partial charge in [0.15, 0.2) is 6.29 Å². The number of carbonyl (C=O) groups excluding carboxylic acids is 1. The highest BCUT2D eigenvalue weighted by Crippen LogP contribution is 2.28. The zero-order valence-electron chi connectivity index (χ0n) is 14.9. The fourth-order valence-electron chi connectivity index (χ4n) is 3.56. The summed E-state index contributed by atoms with van der Waals surface area (Å²) >= 11 is 0. The Morgan fingerprint density at radius 3 is 2.59 bits per heavy atom. The lowest BCUT2D eigenvalue weighted by Crippen LogP contribution is -2.41. The SMILES string of the molecule is O=C(c1cccnc1Nc1ccccc1F)N1CCC(C2OCCO2)CC1. The average molecular weight is 371 g/mol. The second-order valence-electron chi connectivity index (χ2n) is 6.74. The van der Waals surface area contributed by atoms with Crippen molar-refractivity contribution < 1.29 is 18.7 Å². The number of rotatable bonds is 4. The summed E-state index contributed by atoms with van der Waals surface area (Å²) in [5, 5.41) is 2.94. The van der Waals surface area contributed by atoms with Gasteiger partial charge >= 0.3 is 0 Å². The summed E-state index contributed by atoms with van der Waals surface area (Å²) in [6.07, 6.45) is 3.12. The second kappa shape index (κ2) is 8.02. The first-order valence-electron chi connectivity index (χ1n) is 9.21. The summed E-state index contributed by atoms with van der Waals surface area (Å²) in [5.41, 5.74) is 0.729. The lowest BCUT2D eigenvalue weighted by Gasteiger charge is -2.34. The molecule has 2 aliphatic rings. The number of amides is 1. The molecule has 3 heterocycles. The first-order valence-corrected chi connectivity index (χ1v) is 9.21. The van der Waals surface area contributed by atoms with E-state index in [1.807, 2.05) is 4.90 Å². The molecule has 1 aromatic carbocycles. The highest BCUT2D eigenvalue weighted by molar-refractivity contribution is 5.99. The van der Waals surface area contributed by atoms with E-state index < -0.39 is 0 Å². The van der Waals surface area contributed by atoms with Gasteiger partial charge < -0.3 is 19.7 Å². The molecule has 2 fully saturated rings. The Labute approximate surface area is 157 Å². The van der Waals surface area contributed by atoms with Crippen LogP contribution in [0.3, 0.4) is 0 Å². The molecule has 0 bridgehead atoms. The predicted octanol–water partition coefficient (Wildman–Crippen LogP) is 3.19. The van der Waals surface area contributed by atoms with Crippen molar-refractivity contribution in [3.63, 3.8) is 0 Å². The number of nitrogens with zero attached hydrogens (tertiary/aromatic N) is 2. The van der Waals surface area contributed by atoms with Gasteiger partial charge in [-0.05, 0) is 37.1 Å². The maximum atomic E-state index is 13.9. The second-order valence-corrected chi connectivity index (χ2v) is 6.74. The molecule has 1 amide bonds. The highest BCUT2D eigenvalue weighted by atomic mass is 19.1. The third-order valence-corrected chi connectivity index (χ3v) is 5.02. The van der Waals surface area contributed by atoms with E-state index in [2.05, 4.69) is 10.3 Å². The quantitative estimate of drug-likeness (QED) is 0.894. The van der Waals surface area contributed by atoms with Gasteiger partial charge in [-0.25, -0.2) is 9.37 Å². The lowest BCUT2D eigenvalue weighted by atomic mass is 9.95. The number of likely N-dealkylation sites (tertiary alicyclic amines) is 1. The number of ether oxygens (including phenoxy) is 2. The summed E-state index contributed by atoms with van der Waals surface area (Å²) in [4.78, 5) is 19.1. The molecule has 4 rings (SSSR count). The Kier molecular flexibility index (Phi) is 5.31. The van der Waals surface area contributed by atoms with Crippen LogP contribution in [0.2, 0.25) is 0 Å². The smallest absolute Gasteiger partial charge is 0.257 e. The third-order valence-electron chi connectivity index (χ3n) is 5.02. The molecule has 0 radical (unpaired) electrons. The summed E-state index contributed by atoms with van der Waals surface area (Å²) in [6, 6.07) is 9.76. The number of pyridine rings is 1. The van der Waals surface area contributed by atoms with Crippen molar-refractivity contribution in [2.75, 3.05) is 31.6 Å². The van der Waals surface area contributed by atoms with Crippen LogP contribution in [0.5, 0.6) is 0 Å². The molecule has 1 aromatic heterocycles. The molecule has 0 spiro atoms. The Morgan fingerprint density at radius 2 is 1.85 bits per heavy atom. The summed E-state index contributed by atoms with van der Waals surface area (Å²) in [5.74, 6) is 0.186. The zero-order valence-corrected chi connectivity index (χ0v) is 14.9. The van der Waals surface area contributed by atoms with Crippen molar-refractivity contribution in [1.29, 1.82) is 0 Å². The number of para-hydroxylation sites is 1. The van der Waals surface area contributed by atoms with Gasteiger partial charge in [0.1, 0.15) is 11.6 Å². The maximum Gasteiger partial charge on any atom is 0.257 e. The molecule has 0 saturated carbocycles. The largest absolute Gasteiger partial charge is 0.350 e. The average Bonchev–Trinajstić information content (AvgIpc) is 3.25. The van der Waals surface area contributed by atoms with E-state index >= 15 is 0 Å². The van der Waals surface area contributed by atoms with Crippen LogP contribution in [0.25, 0.3) is 0 Å². The minimum atomic E-state index is -0.390. The van der Waals surface area contributed by atoms with Crippen LogP contribution >= 0.6 is 0 Å². The fraction of sp³-hybridized carbons (Fsp3) is 0.400. The standard InChI is InChI=1S/C20H22FN3O3/c21-16-5-1-2-6-17(16)23-18-15(4-3-9-22-18)19(25)24-10-7-14(8-11-24)20-26-12-13-27-20/h1-6,9,14,20H,7-8,10-13H2,(H,22,23). The molecule has 0 aliphatic carbocycles. The van der Waals surface area contributed by atoms with Crippen LogP contribution in [0.4, 0.5) is 15.9 Å². The topological polar surface area (TPSA) is 63.7 Å². The van der Waals surface area contributed by atoms with Crippen molar-refractivity contribution in [2.45, 2.75) is 19.1 Å². The Bertz CT molecular complexity index is 803. The van der Waals surface area contributed by atoms with Crippen LogP contribution in [0.1, 0.15) is 23.2 Å². The molecule has 2 aromatic rings. The van der Waals surface area contributed by atoms with E-state index in [9.17, 15) is 9.18 Å². The van der Waals surface area contributed by atoms with Crippen molar-refractivity contribution in [3.05, 3.63) is 54.0 Å². The van der Waals surface area contributed by atoms with Gasteiger partial charge in [0, 0.05) is 25.2 Å². The maximum absolute atomic E-state index is 13.9. The van der Waals surface area contributed by atoms with Crippen LogP contribution in [0, 0.1) is 11.7 Å². The van der Waals surface area contributed by atoms with Crippen molar-refractivity contribution in [3.8, 4) is 0 Å². The molecular weight excluding hydrogens is 349 g/mol. The van der Waals surface area contributed by atoms with Gasteiger partial charge in [0.25, 0.3) is 5.91 Å². The normalized spacial score (nSPS) is 18.6. The number of halogens is 1. The van der Waals surface area contributed by atoms with E-state index in [0.29, 0.717) is 49.3 Å². The number of hydrogen-bond acceptors (Lipinski definition) is 5. The molecule has 7 heteroatoms. The van der Waals surface area contributed by atoms with Gasteiger partial charge in [-0.1, -0.05) is 12.1 Å². The molecule has 0 unspecified atom stereocenters. The Balaban J connectivity index is 1.45. The lowest BCUT2D eigenvalue weighted by molar-refractivity contribution is -0.0956. The number of hydrogen-bond donors (Lipinski definition) is 1. The first kappa shape index (κ1) is 17.9. The zero-order chi connectivity index (χ0) is 18.6. The number of anilines is 2. The molecule has 2 saturated heterocycles. The number of carbonyl (C=O) groups is 1. The van der Waals surface area contributed by atoms with E-state index in [1.54, 1.807) is 36.5 Å². The van der Waals surface area contributed by atoms with E-state index in [0.717, 1.165) is 12.8 Å². The highest BCUT2D eigenvalue weighted by Gasteiger charge is 2.32. The van der Waals surface area contributed by atoms with Gasteiger partial charge in [-0.3, -0.25) is 4.79 Å². The van der Waals surface area contributed by atoms with Crippen LogP contribution in [0.15, 0.2) is 42.6 Å². The number of nitrogens with one attached hydrogen (secondary N) is 1. The Hall–Kier alpha value is -2.51. The summed E-state index contributed by atoms with van der Waals surface area (Å²) < 4.78 is 25.1. The van der Waals surface area contributed by atoms with E-state index in [1.165, 1.54) is 6.07 Å². The molecule has 0 atom stereocenters. The molecular formula is C20H22FN3O3. The molecule has 142 valence electrons. The number of aromatic nitrogens is 1. The first-order chi connectivity index (χ1) is 13.2. The van der Waals surface area contributed by atoms with Crippen LogP contribution in [-0.2, 0) is 9.47 Å². The summed E-state index contributed by atoms with van der Waals surface area (Å²) in [7, 11) is 0. The minimum Gasteiger partial charge on any atom is -0.350 e. The predicted molar refractivity (Wildman–Crippen MR) is 98.2 cm³/mol. The summed E-state index contributed by atoms with van der Waals surface area (Å²) in [6.45, 7) is 2.57. The Morgan fingerprint density at radius 1 is 1.11 bits per heavy atom. The van der Waals surface area contributed by atoms with Crippen LogP contribution < -0.4 is 5.32 Å². The van der Waals surface area contributed by atoms with Crippen molar-refractivity contribution in [2.24, 2.45) is 5.92 Å². The van der Waals surface area contributed by atoms with E-state index in [-0.39, 0.29) is 18.0 Å². The van der Waals surface area contributed by atoms with Crippen molar-refractivity contribution >= 4 is 17.4 Å². The monoisotopic (exact) mass is 371 g/mol. The number of piperidine rings is 1. The third kappa shape index (κ3) is 3.94.